The van der Waals surface area contributed by atoms with Crippen LogP contribution in [0.15, 0.2) is 18.2 Å². The molecule has 1 aromatic carbocycles. The second-order valence-corrected chi connectivity index (χ2v) is 5.31. The van der Waals surface area contributed by atoms with E-state index in [1.165, 1.54) is 0 Å². The third-order valence-corrected chi connectivity index (χ3v) is 3.03. The number of carbonyl (C=O) groups is 2. The minimum absolute atomic E-state index is 0.0293. The van der Waals surface area contributed by atoms with E-state index in [2.05, 4.69) is 29.8 Å². The normalized spacial score (nSPS) is 13.4. The number of nitrogens with one attached hydrogen (secondary N) is 3. The van der Waals surface area contributed by atoms with Crippen molar-refractivity contribution >= 4 is 23.2 Å². The highest BCUT2D eigenvalue weighted by molar-refractivity contribution is 5.97. The molecule has 0 bridgehead atoms. The Bertz CT molecular complexity index is 529. The van der Waals surface area contributed by atoms with E-state index in [0.29, 0.717) is 29.6 Å². The van der Waals surface area contributed by atoms with Crippen LogP contribution in [-0.4, -0.2) is 31.0 Å². The van der Waals surface area contributed by atoms with Crippen LogP contribution >= 0.6 is 0 Å². The maximum Gasteiger partial charge on any atom is 0.262 e. The average Bonchev–Trinajstić information content (AvgIpc) is 2.43. The lowest BCUT2D eigenvalue weighted by molar-refractivity contribution is -0.118. The van der Waals surface area contributed by atoms with Gasteiger partial charge < -0.3 is 20.7 Å². The Morgan fingerprint density at radius 2 is 2.24 bits per heavy atom. The van der Waals surface area contributed by atoms with Crippen molar-refractivity contribution in [2.45, 2.75) is 32.7 Å². The molecule has 2 amide bonds. The SMILES string of the molecule is CC(C)NCCCC(=O)Nc1ccc2c(c1)NC(=O)CO2. The van der Waals surface area contributed by atoms with Gasteiger partial charge in [0, 0.05) is 18.2 Å². The van der Waals surface area contributed by atoms with Crippen LogP contribution < -0.4 is 20.7 Å². The molecule has 1 aromatic rings. The number of rotatable bonds is 6. The van der Waals surface area contributed by atoms with Crippen molar-refractivity contribution in [2.24, 2.45) is 0 Å². The van der Waals surface area contributed by atoms with Crippen molar-refractivity contribution in [3.8, 4) is 5.75 Å². The molecule has 0 radical (unpaired) electrons. The van der Waals surface area contributed by atoms with Gasteiger partial charge in [0.15, 0.2) is 6.61 Å². The number of hydrogen-bond donors (Lipinski definition) is 3. The summed E-state index contributed by atoms with van der Waals surface area (Å²) < 4.78 is 5.26. The fourth-order valence-corrected chi connectivity index (χ4v) is 2.02. The molecule has 3 N–H and O–H groups in total. The van der Waals surface area contributed by atoms with Gasteiger partial charge in [-0.3, -0.25) is 9.59 Å². The maximum absolute atomic E-state index is 11.8. The van der Waals surface area contributed by atoms with Crippen LogP contribution in [0, 0.1) is 0 Å². The summed E-state index contributed by atoms with van der Waals surface area (Å²) in [5, 5.41) is 8.80. The molecular weight excluding hydrogens is 270 g/mol. The molecule has 0 aromatic heterocycles. The number of carbonyl (C=O) groups excluding carboxylic acids is 2. The van der Waals surface area contributed by atoms with E-state index >= 15 is 0 Å². The highest BCUT2D eigenvalue weighted by Crippen LogP contribution is 2.30. The Labute approximate surface area is 124 Å². The maximum atomic E-state index is 11.8. The zero-order valence-corrected chi connectivity index (χ0v) is 12.4. The van der Waals surface area contributed by atoms with Crippen LogP contribution in [0.5, 0.6) is 5.75 Å². The molecule has 0 saturated carbocycles. The molecule has 0 aliphatic carbocycles. The van der Waals surface area contributed by atoms with Crippen LogP contribution in [-0.2, 0) is 9.59 Å². The van der Waals surface area contributed by atoms with Gasteiger partial charge in [0.2, 0.25) is 5.91 Å². The second kappa shape index (κ2) is 7.08. The molecule has 6 nitrogen and oxygen atoms in total. The highest BCUT2D eigenvalue weighted by atomic mass is 16.5. The Hall–Kier alpha value is -2.08. The monoisotopic (exact) mass is 291 g/mol. The fraction of sp³-hybridized carbons (Fsp3) is 0.467. The molecule has 0 fully saturated rings. The number of ether oxygens (including phenoxy) is 1. The highest BCUT2D eigenvalue weighted by Gasteiger charge is 2.16. The Kier molecular flexibility index (Phi) is 5.16. The Balaban J connectivity index is 1.84. The molecule has 0 unspecified atom stereocenters. The minimum atomic E-state index is -0.189. The van der Waals surface area contributed by atoms with Gasteiger partial charge in [0.05, 0.1) is 5.69 Å². The first kappa shape index (κ1) is 15.3. The van der Waals surface area contributed by atoms with Crippen molar-refractivity contribution in [2.75, 3.05) is 23.8 Å². The van der Waals surface area contributed by atoms with E-state index in [0.717, 1.165) is 13.0 Å². The standard InChI is InChI=1S/C15H21N3O3/c1-10(2)16-7-3-4-14(19)17-11-5-6-13-12(8-11)18-15(20)9-21-13/h5-6,8,10,16H,3-4,7,9H2,1-2H3,(H,17,19)(H,18,20). The number of benzene rings is 1. The van der Waals surface area contributed by atoms with Crippen LogP contribution in [0.1, 0.15) is 26.7 Å². The first-order valence-electron chi connectivity index (χ1n) is 7.14. The lowest BCUT2D eigenvalue weighted by Gasteiger charge is -2.18. The van der Waals surface area contributed by atoms with Gasteiger partial charge in [-0.1, -0.05) is 13.8 Å². The van der Waals surface area contributed by atoms with Crippen molar-refractivity contribution in [3.63, 3.8) is 0 Å². The molecule has 0 atom stereocenters. The van der Waals surface area contributed by atoms with Gasteiger partial charge in [-0.25, -0.2) is 0 Å². The molecule has 0 saturated heterocycles. The van der Waals surface area contributed by atoms with E-state index in [1.807, 2.05) is 0 Å². The van der Waals surface area contributed by atoms with E-state index in [1.54, 1.807) is 18.2 Å². The average molecular weight is 291 g/mol. The van der Waals surface area contributed by atoms with E-state index in [9.17, 15) is 9.59 Å². The second-order valence-electron chi connectivity index (χ2n) is 5.31. The summed E-state index contributed by atoms with van der Waals surface area (Å²) >= 11 is 0. The van der Waals surface area contributed by atoms with E-state index in [-0.39, 0.29) is 18.4 Å². The Morgan fingerprint density at radius 3 is 3.00 bits per heavy atom. The van der Waals surface area contributed by atoms with Crippen molar-refractivity contribution in [3.05, 3.63) is 18.2 Å². The summed E-state index contributed by atoms with van der Waals surface area (Å²) in [6.07, 6.45) is 1.24. The van der Waals surface area contributed by atoms with Gasteiger partial charge >= 0.3 is 0 Å². The summed E-state index contributed by atoms with van der Waals surface area (Å²) in [7, 11) is 0. The topological polar surface area (TPSA) is 79.5 Å². The summed E-state index contributed by atoms with van der Waals surface area (Å²) in [4.78, 5) is 23.1. The lowest BCUT2D eigenvalue weighted by atomic mass is 10.2. The number of anilines is 2. The molecule has 114 valence electrons. The van der Waals surface area contributed by atoms with Gasteiger partial charge in [-0.05, 0) is 31.2 Å². The predicted octanol–water partition coefficient (Wildman–Crippen LogP) is 1.73. The number of amides is 2. The third-order valence-electron chi connectivity index (χ3n) is 3.03. The molecule has 0 spiro atoms. The molecular formula is C15H21N3O3. The molecule has 2 rings (SSSR count). The minimum Gasteiger partial charge on any atom is -0.482 e. The van der Waals surface area contributed by atoms with Gasteiger partial charge in [-0.15, -0.1) is 0 Å². The van der Waals surface area contributed by atoms with Crippen molar-refractivity contribution in [1.82, 2.24) is 5.32 Å². The molecule has 21 heavy (non-hydrogen) atoms. The third kappa shape index (κ3) is 4.75. The number of hydrogen-bond acceptors (Lipinski definition) is 4. The smallest absolute Gasteiger partial charge is 0.262 e. The van der Waals surface area contributed by atoms with Crippen molar-refractivity contribution < 1.29 is 14.3 Å². The molecule has 6 heteroatoms. The Morgan fingerprint density at radius 1 is 1.43 bits per heavy atom. The molecule has 1 heterocycles. The van der Waals surface area contributed by atoms with Crippen LogP contribution in [0.25, 0.3) is 0 Å². The molecule has 1 aliphatic rings. The summed E-state index contributed by atoms with van der Waals surface area (Å²) in [5.41, 5.74) is 1.24. The van der Waals surface area contributed by atoms with E-state index < -0.39 is 0 Å². The largest absolute Gasteiger partial charge is 0.482 e. The van der Waals surface area contributed by atoms with Gasteiger partial charge in [-0.2, -0.15) is 0 Å². The first-order chi connectivity index (χ1) is 10.0. The van der Waals surface area contributed by atoms with Crippen LogP contribution in [0.4, 0.5) is 11.4 Å². The first-order valence-corrected chi connectivity index (χ1v) is 7.14. The summed E-state index contributed by atoms with van der Waals surface area (Å²) in [6.45, 7) is 4.99. The zero-order chi connectivity index (χ0) is 15.2. The quantitative estimate of drug-likeness (QED) is 0.697. The number of fused-ring (bicyclic) bond motifs is 1. The van der Waals surface area contributed by atoms with E-state index in [4.69, 9.17) is 4.74 Å². The fourth-order valence-electron chi connectivity index (χ4n) is 2.02. The predicted molar refractivity (Wildman–Crippen MR) is 81.6 cm³/mol. The van der Waals surface area contributed by atoms with Crippen LogP contribution in [0.3, 0.4) is 0 Å². The zero-order valence-electron chi connectivity index (χ0n) is 12.4. The van der Waals surface area contributed by atoms with Gasteiger partial charge in [0.25, 0.3) is 5.91 Å². The summed E-state index contributed by atoms with van der Waals surface area (Å²) in [5.74, 6) is 0.392. The van der Waals surface area contributed by atoms with Crippen LogP contribution in [0.2, 0.25) is 0 Å². The summed E-state index contributed by atoms with van der Waals surface area (Å²) in [6, 6.07) is 5.64. The van der Waals surface area contributed by atoms with Gasteiger partial charge in [0.1, 0.15) is 5.75 Å². The lowest BCUT2D eigenvalue weighted by Crippen LogP contribution is -2.25. The molecule has 1 aliphatic heterocycles. The van der Waals surface area contributed by atoms with Crippen molar-refractivity contribution in [1.29, 1.82) is 0 Å².